The predicted octanol–water partition coefficient (Wildman–Crippen LogP) is 3.25. The van der Waals surface area contributed by atoms with E-state index in [-0.39, 0.29) is 13.2 Å². The van der Waals surface area contributed by atoms with Crippen molar-refractivity contribution in [1.82, 2.24) is 0 Å². The summed E-state index contributed by atoms with van der Waals surface area (Å²) < 4.78 is 22.5. The lowest BCUT2D eigenvalue weighted by Gasteiger charge is -2.22. The minimum absolute atomic E-state index is 0.236. The zero-order valence-electron chi connectivity index (χ0n) is 10.4. The first-order chi connectivity index (χ1) is 8.03. The SMILES string of the molecule is CCOP(=O)(OCC)[C@@H](O)c1cccc(C)c1. The van der Waals surface area contributed by atoms with Gasteiger partial charge in [0, 0.05) is 0 Å². The summed E-state index contributed by atoms with van der Waals surface area (Å²) in [6.45, 7) is 5.81. The number of rotatable bonds is 6. The van der Waals surface area contributed by atoms with Crippen LogP contribution in [0.1, 0.15) is 30.8 Å². The lowest BCUT2D eigenvalue weighted by atomic mass is 10.1. The molecule has 0 aromatic heterocycles. The van der Waals surface area contributed by atoms with Gasteiger partial charge in [-0.3, -0.25) is 4.57 Å². The predicted molar refractivity (Wildman–Crippen MR) is 67.0 cm³/mol. The van der Waals surface area contributed by atoms with E-state index in [1.807, 2.05) is 13.0 Å². The van der Waals surface area contributed by atoms with Gasteiger partial charge in [0.25, 0.3) is 0 Å². The first-order valence-corrected chi connectivity index (χ1v) is 7.28. The van der Waals surface area contributed by atoms with Crippen molar-refractivity contribution in [3.8, 4) is 0 Å². The first-order valence-electron chi connectivity index (χ1n) is 5.67. The average Bonchev–Trinajstić information content (AvgIpc) is 2.28. The molecule has 0 aliphatic carbocycles. The molecule has 1 aromatic carbocycles. The average molecular weight is 258 g/mol. The van der Waals surface area contributed by atoms with Crippen LogP contribution in [0.15, 0.2) is 24.3 Å². The summed E-state index contributed by atoms with van der Waals surface area (Å²) in [7, 11) is -3.50. The molecule has 0 heterocycles. The van der Waals surface area contributed by atoms with Crippen molar-refractivity contribution in [2.24, 2.45) is 0 Å². The van der Waals surface area contributed by atoms with Crippen molar-refractivity contribution in [1.29, 1.82) is 0 Å². The molecule has 17 heavy (non-hydrogen) atoms. The largest absolute Gasteiger partial charge is 0.376 e. The second-order valence-corrected chi connectivity index (χ2v) is 5.75. The lowest BCUT2D eigenvalue weighted by molar-refractivity contribution is 0.150. The Balaban J connectivity index is 2.99. The van der Waals surface area contributed by atoms with Crippen molar-refractivity contribution in [2.45, 2.75) is 26.6 Å². The smallest absolute Gasteiger partial charge is 0.363 e. The van der Waals surface area contributed by atoms with Crippen molar-refractivity contribution >= 4 is 7.60 Å². The normalized spacial score (nSPS) is 13.6. The Bertz CT molecular complexity index is 395. The number of hydrogen-bond donors (Lipinski definition) is 1. The van der Waals surface area contributed by atoms with E-state index >= 15 is 0 Å². The quantitative estimate of drug-likeness (QED) is 0.796. The first kappa shape index (κ1) is 14.4. The van der Waals surface area contributed by atoms with E-state index in [9.17, 15) is 9.67 Å². The van der Waals surface area contributed by atoms with Gasteiger partial charge in [0.15, 0.2) is 5.85 Å². The second kappa shape index (κ2) is 6.31. The highest BCUT2D eigenvalue weighted by Crippen LogP contribution is 2.59. The van der Waals surface area contributed by atoms with Crippen LogP contribution in [0.4, 0.5) is 0 Å². The molecule has 0 aliphatic rings. The van der Waals surface area contributed by atoms with Crippen molar-refractivity contribution in [3.63, 3.8) is 0 Å². The van der Waals surface area contributed by atoms with Gasteiger partial charge >= 0.3 is 7.60 Å². The van der Waals surface area contributed by atoms with Crippen molar-refractivity contribution < 1.29 is 18.7 Å². The molecule has 5 heteroatoms. The number of aliphatic hydroxyl groups is 1. The van der Waals surface area contributed by atoms with E-state index in [4.69, 9.17) is 9.05 Å². The van der Waals surface area contributed by atoms with Gasteiger partial charge in [-0.2, -0.15) is 0 Å². The highest BCUT2D eigenvalue weighted by atomic mass is 31.2. The van der Waals surface area contributed by atoms with Gasteiger partial charge in [-0.25, -0.2) is 0 Å². The third kappa shape index (κ3) is 3.65. The summed E-state index contributed by atoms with van der Waals surface area (Å²) in [6, 6.07) is 7.19. The zero-order valence-corrected chi connectivity index (χ0v) is 11.3. The van der Waals surface area contributed by atoms with Crippen LogP contribution in [0.3, 0.4) is 0 Å². The molecular weight excluding hydrogens is 239 g/mol. The van der Waals surface area contributed by atoms with E-state index in [1.54, 1.807) is 32.0 Å². The van der Waals surface area contributed by atoms with Crippen LogP contribution in [0.25, 0.3) is 0 Å². The van der Waals surface area contributed by atoms with Crippen LogP contribution in [0.2, 0.25) is 0 Å². The topological polar surface area (TPSA) is 55.8 Å². The monoisotopic (exact) mass is 258 g/mol. The maximum absolute atomic E-state index is 12.3. The maximum atomic E-state index is 12.3. The molecule has 4 nitrogen and oxygen atoms in total. The van der Waals surface area contributed by atoms with Gasteiger partial charge in [0.2, 0.25) is 0 Å². The van der Waals surface area contributed by atoms with Gasteiger partial charge in [-0.05, 0) is 26.3 Å². The van der Waals surface area contributed by atoms with Gasteiger partial charge in [-0.15, -0.1) is 0 Å². The molecule has 0 radical (unpaired) electrons. The van der Waals surface area contributed by atoms with E-state index < -0.39 is 13.4 Å². The third-order valence-electron chi connectivity index (χ3n) is 2.26. The van der Waals surface area contributed by atoms with Crippen LogP contribution in [0, 0.1) is 6.92 Å². The standard InChI is InChI=1S/C12H19O4P/c1-4-15-17(14,16-5-2)12(13)11-8-6-7-10(3)9-11/h6-9,12-13H,4-5H2,1-3H3/t12-/m1/s1. The fourth-order valence-corrected chi connectivity index (χ4v) is 3.15. The van der Waals surface area contributed by atoms with Gasteiger partial charge in [0.05, 0.1) is 13.2 Å². The molecule has 1 N–H and O–H groups in total. The zero-order chi connectivity index (χ0) is 12.9. The Kier molecular flexibility index (Phi) is 5.34. The van der Waals surface area contributed by atoms with Crippen LogP contribution in [-0.4, -0.2) is 18.3 Å². The molecule has 0 amide bonds. The molecule has 0 saturated heterocycles. The highest BCUT2D eigenvalue weighted by molar-refractivity contribution is 7.54. The van der Waals surface area contributed by atoms with Crippen LogP contribution < -0.4 is 0 Å². The minimum Gasteiger partial charge on any atom is -0.376 e. The Morgan fingerprint density at radius 1 is 1.29 bits per heavy atom. The lowest BCUT2D eigenvalue weighted by Crippen LogP contribution is -2.06. The Morgan fingerprint density at radius 2 is 1.88 bits per heavy atom. The van der Waals surface area contributed by atoms with Gasteiger partial charge in [0.1, 0.15) is 0 Å². The molecule has 0 bridgehead atoms. The van der Waals surface area contributed by atoms with Crippen molar-refractivity contribution in [3.05, 3.63) is 35.4 Å². The molecule has 1 rings (SSSR count). The van der Waals surface area contributed by atoms with Gasteiger partial charge in [-0.1, -0.05) is 29.8 Å². The third-order valence-corrected chi connectivity index (χ3v) is 4.39. The minimum atomic E-state index is -3.50. The number of aliphatic hydroxyl groups excluding tert-OH is 1. The summed E-state index contributed by atoms with van der Waals surface area (Å²) in [6.07, 6.45) is 0. The fraction of sp³-hybridized carbons (Fsp3) is 0.500. The Labute approximate surface area is 102 Å². The molecule has 0 spiro atoms. The number of hydrogen-bond acceptors (Lipinski definition) is 4. The van der Waals surface area contributed by atoms with E-state index in [1.165, 1.54) is 0 Å². The molecule has 0 unspecified atom stereocenters. The van der Waals surface area contributed by atoms with E-state index in [2.05, 4.69) is 0 Å². The summed E-state index contributed by atoms with van der Waals surface area (Å²) in [5, 5.41) is 10.1. The molecule has 1 atom stereocenters. The molecule has 0 aliphatic heterocycles. The summed E-state index contributed by atoms with van der Waals surface area (Å²) in [5.74, 6) is -1.23. The summed E-state index contributed by atoms with van der Waals surface area (Å²) in [4.78, 5) is 0. The van der Waals surface area contributed by atoms with Crippen LogP contribution >= 0.6 is 7.60 Å². The number of benzene rings is 1. The highest BCUT2D eigenvalue weighted by Gasteiger charge is 2.35. The Morgan fingerprint density at radius 3 is 2.35 bits per heavy atom. The van der Waals surface area contributed by atoms with Crippen LogP contribution in [-0.2, 0) is 13.6 Å². The second-order valence-electron chi connectivity index (χ2n) is 3.66. The molecule has 1 aromatic rings. The fourth-order valence-electron chi connectivity index (χ4n) is 1.55. The molecule has 0 saturated carbocycles. The van der Waals surface area contributed by atoms with E-state index in [0.717, 1.165) is 5.56 Å². The van der Waals surface area contributed by atoms with Gasteiger partial charge < -0.3 is 14.2 Å². The molecule has 96 valence electrons. The van der Waals surface area contributed by atoms with Crippen molar-refractivity contribution in [2.75, 3.05) is 13.2 Å². The molecular formula is C12H19O4P. The summed E-state index contributed by atoms with van der Waals surface area (Å²) >= 11 is 0. The Hall–Kier alpha value is -0.670. The van der Waals surface area contributed by atoms with E-state index in [0.29, 0.717) is 5.56 Å². The molecule has 0 fully saturated rings. The number of aryl methyl sites for hydroxylation is 1. The maximum Gasteiger partial charge on any atom is 0.363 e. The summed E-state index contributed by atoms with van der Waals surface area (Å²) in [5.41, 5.74) is 1.54. The van der Waals surface area contributed by atoms with Crippen LogP contribution in [0.5, 0.6) is 0 Å².